The molecule has 142 valence electrons. The van der Waals surface area contributed by atoms with Crippen LogP contribution in [-0.2, 0) is 11.3 Å². The van der Waals surface area contributed by atoms with Gasteiger partial charge in [0.2, 0.25) is 0 Å². The lowest BCUT2D eigenvalue weighted by molar-refractivity contribution is 0.0986. The zero-order chi connectivity index (χ0) is 18.0. The lowest BCUT2D eigenvalue weighted by Crippen LogP contribution is -1.94. The van der Waals surface area contributed by atoms with Crippen LogP contribution in [0.4, 0.5) is 0 Å². The number of hydrogen-bond donors (Lipinski definition) is 0. The first-order valence-corrected chi connectivity index (χ1v) is 10.1. The molecule has 0 saturated carbocycles. The number of unbranched alkanes of at least 4 members (excludes halogenated alkanes) is 10. The molecule has 1 aromatic heterocycles. The minimum absolute atomic E-state index is 0.366. The van der Waals surface area contributed by atoms with Crippen molar-refractivity contribution in [3.63, 3.8) is 0 Å². The minimum Gasteiger partial charge on any atom is -0.456 e. The summed E-state index contributed by atoms with van der Waals surface area (Å²) in [7, 11) is 0. The van der Waals surface area contributed by atoms with Crippen molar-refractivity contribution in [3.8, 4) is 0 Å². The Kier molecular flexibility index (Phi) is 14.0. The van der Waals surface area contributed by atoms with Gasteiger partial charge in [0.05, 0.1) is 0 Å². The molecule has 1 aromatic rings. The minimum atomic E-state index is 0.366. The summed E-state index contributed by atoms with van der Waals surface area (Å²) in [5, 5.41) is 0. The van der Waals surface area contributed by atoms with Gasteiger partial charge in [-0.2, -0.15) is 0 Å². The highest BCUT2D eigenvalue weighted by molar-refractivity contribution is 5.70. The van der Waals surface area contributed by atoms with E-state index in [0.717, 1.165) is 18.8 Å². The molecule has 0 bridgehead atoms. The molecule has 0 aromatic carbocycles. The van der Waals surface area contributed by atoms with Crippen LogP contribution in [-0.4, -0.2) is 12.9 Å². The topological polar surface area (TPSA) is 39.4 Å². The Balaban J connectivity index is 1.78. The molecule has 0 fully saturated rings. The summed E-state index contributed by atoms with van der Waals surface area (Å²) >= 11 is 0. The summed E-state index contributed by atoms with van der Waals surface area (Å²) in [5.74, 6) is 1.09. The van der Waals surface area contributed by atoms with E-state index in [1.165, 1.54) is 70.6 Å². The fraction of sp³-hybridized carbons (Fsp3) is 0.682. The van der Waals surface area contributed by atoms with Crippen molar-refractivity contribution < 1.29 is 13.9 Å². The molecule has 0 radical (unpaired) electrons. The summed E-state index contributed by atoms with van der Waals surface area (Å²) in [6.07, 6.45) is 21.0. The maximum Gasteiger partial charge on any atom is 0.185 e. The van der Waals surface area contributed by atoms with E-state index in [-0.39, 0.29) is 0 Å². The molecular formula is C22H36O3. The smallest absolute Gasteiger partial charge is 0.185 e. The van der Waals surface area contributed by atoms with Gasteiger partial charge in [0, 0.05) is 6.61 Å². The predicted octanol–water partition coefficient (Wildman–Crippen LogP) is 6.87. The van der Waals surface area contributed by atoms with Gasteiger partial charge in [-0.25, -0.2) is 0 Å². The Morgan fingerprint density at radius 2 is 1.52 bits per heavy atom. The largest absolute Gasteiger partial charge is 0.456 e. The standard InChI is InChI=1S/C22H36O3/c1-2-3-4-5-6-7-8-9-10-11-12-13-14-15-18-24-20-22-17-16-21(19-23)25-22/h7-8,16-17,19H,2-6,9-15,18,20H2,1H3/b8-7-. The van der Waals surface area contributed by atoms with Crippen LogP contribution in [0.3, 0.4) is 0 Å². The fourth-order valence-corrected chi connectivity index (χ4v) is 2.81. The van der Waals surface area contributed by atoms with Crippen LogP contribution in [0.1, 0.15) is 100 Å². The highest BCUT2D eigenvalue weighted by atomic mass is 16.5. The molecule has 0 aliphatic heterocycles. The van der Waals surface area contributed by atoms with Crippen molar-refractivity contribution >= 4 is 6.29 Å². The lowest BCUT2D eigenvalue weighted by Gasteiger charge is -2.03. The fourth-order valence-electron chi connectivity index (χ4n) is 2.81. The van der Waals surface area contributed by atoms with E-state index in [1.807, 2.05) is 0 Å². The van der Waals surface area contributed by atoms with Crippen molar-refractivity contribution in [1.82, 2.24) is 0 Å². The molecule has 0 N–H and O–H groups in total. The third-order valence-corrected chi connectivity index (χ3v) is 4.34. The third-order valence-electron chi connectivity index (χ3n) is 4.34. The van der Waals surface area contributed by atoms with Crippen molar-refractivity contribution in [2.45, 2.75) is 90.6 Å². The summed E-state index contributed by atoms with van der Waals surface area (Å²) < 4.78 is 10.8. The molecule has 0 amide bonds. The van der Waals surface area contributed by atoms with E-state index in [0.29, 0.717) is 18.7 Å². The second-order valence-electron chi connectivity index (χ2n) is 6.71. The van der Waals surface area contributed by atoms with Crippen molar-refractivity contribution in [2.75, 3.05) is 6.61 Å². The average Bonchev–Trinajstić information content (AvgIpc) is 3.09. The third kappa shape index (κ3) is 12.6. The normalized spacial score (nSPS) is 11.4. The highest BCUT2D eigenvalue weighted by Gasteiger charge is 2.00. The first-order chi connectivity index (χ1) is 12.4. The summed E-state index contributed by atoms with van der Waals surface area (Å²) in [4.78, 5) is 10.5. The molecule has 25 heavy (non-hydrogen) atoms. The molecular weight excluding hydrogens is 312 g/mol. The van der Waals surface area contributed by atoms with Crippen molar-refractivity contribution in [3.05, 3.63) is 35.8 Å². The number of furan rings is 1. The first-order valence-electron chi connectivity index (χ1n) is 10.1. The predicted molar refractivity (Wildman–Crippen MR) is 104 cm³/mol. The molecule has 0 spiro atoms. The SMILES string of the molecule is CCCCCC/C=C\CCCCCCCCOCc1ccc(C=O)o1. The van der Waals surface area contributed by atoms with Crippen molar-refractivity contribution in [2.24, 2.45) is 0 Å². The Morgan fingerprint density at radius 1 is 0.880 bits per heavy atom. The molecule has 1 heterocycles. The van der Waals surface area contributed by atoms with Gasteiger partial charge in [0.15, 0.2) is 12.0 Å². The number of allylic oxidation sites excluding steroid dienone is 2. The molecule has 3 heteroatoms. The Labute approximate surface area is 153 Å². The Bertz CT molecular complexity index is 448. The van der Waals surface area contributed by atoms with Gasteiger partial charge < -0.3 is 9.15 Å². The van der Waals surface area contributed by atoms with Crippen LogP contribution < -0.4 is 0 Å². The highest BCUT2D eigenvalue weighted by Crippen LogP contribution is 2.10. The Morgan fingerprint density at radius 3 is 2.16 bits per heavy atom. The van der Waals surface area contributed by atoms with E-state index in [2.05, 4.69) is 19.1 Å². The van der Waals surface area contributed by atoms with Gasteiger partial charge in [0.1, 0.15) is 12.4 Å². The van der Waals surface area contributed by atoms with Crippen LogP contribution in [0.25, 0.3) is 0 Å². The van der Waals surface area contributed by atoms with Gasteiger partial charge in [-0.3, -0.25) is 4.79 Å². The van der Waals surface area contributed by atoms with E-state index >= 15 is 0 Å². The number of aldehydes is 1. The zero-order valence-corrected chi connectivity index (χ0v) is 16.0. The molecule has 3 nitrogen and oxygen atoms in total. The monoisotopic (exact) mass is 348 g/mol. The van der Waals surface area contributed by atoms with Gasteiger partial charge >= 0.3 is 0 Å². The van der Waals surface area contributed by atoms with Crippen LogP contribution in [0.15, 0.2) is 28.7 Å². The first kappa shape index (κ1) is 21.7. The van der Waals surface area contributed by atoms with E-state index < -0.39 is 0 Å². The molecule has 0 aliphatic rings. The summed E-state index contributed by atoms with van der Waals surface area (Å²) in [6.45, 7) is 3.48. The number of hydrogen-bond acceptors (Lipinski definition) is 3. The number of carbonyl (C=O) groups excluding carboxylic acids is 1. The van der Waals surface area contributed by atoms with E-state index in [4.69, 9.17) is 9.15 Å². The molecule has 0 saturated heterocycles. The Hall–Kier alpha value is -1.35. The maximum absolute atomic E-state index is 10.5. The second kappa shape index (κ2) is 16.1. The van der Waals surface area contributed by atoms with E-state index in [9.17, 15) is 4.79 Å². The van der Waals surface area contributed by atoms with Crippen LogP contribution in [0.5, 0.6) is 0 Å². The average molecular weight is 349 g/mol. The molecule has 0 atom stereocenters. The summed E-state index contributed by atoms with van der Waals surface area (Å²) in [5.41, 5.74) is 0. The van der Waals surface area contributed by atoms with Crippen LogP contribution in [0.2, 0.25) is 0 Å². The van der Waals surface area contributed by atoms with Gasteiger partial charge in [0.25, 0.3) is 0 Å². The lowest BCUT2D eigenvalue weighted by atomic mass is 10.1. The molecule has 0 unspecified atom stereocenters. The maximum atomic E-state index is 10.5. The van der Waals surface area contributed by atoms with Gasteiger partial charge in [-0.1, -0.05) is 64.0 Å². The zero-order valence-electron chi connectivity index (χ0n) is 16.0. The number of carbonyl (C=O) groups is 1. The van der Waals surface area contributed by atoms with Gasteiger partial charge in [-0.05, 0) is 44.2 Å². The molecule has 0 aliphatic carbocycles. The van der Waals surface area contributed by atoms with Gasteiger partial charge in [-0.15, -0.1) is 0 Å². The second-order valence-corrected chi connectivity index (χ2v) is 6.71. The van der Waals surface area contributed by atoms with Crippen LogP contribution >= 0.6 is 0 Å². The molecule has 1 rings (SSSR count). The number of ether oxygens (including phenoxy) is 1. The quantitative estimate of drug-likeness (QED) is 0.175. The van der Waals surface area contributed by atoms with Crippen molar-refractivity contribution in [1.29, 1.82) is 0 Å². The van der Waals surface area contributed by atoms with E-state index in [1.54, 1.807) is 12.1 Å². The summed E-state index contributed by atoms with van der Waals surface area (Å²) in [6, 6.07) is 3.47. The van der Waals surface area contributed by atoms with Crippen LogP contribution in [0, 0.1) is 0 Å². The number of rotatable bonds is 17.